The summed E-state index contributed by atoms with van der Waals surface area (Å²) in [5.41, 5.74) is -2.17. The Kier molecular flexibility index (Phi) is 4.02. The van der Waals surface area contributed by atoms with Crippen molar-refractivity contribution >= 4 is 5.69 Å². The predicted octanol–water partition coefficient (Wildman–Crippen LogP) is 2.57. The number of halogens is 3. The van der Waals surface area contributed by atoms with E-state index in [1.165, 1.54) is 26.3 Å². The summed E-state index contributed by atoms with van der Waals surface area (Å²) in [6, 6.07) is 3.12. The molecule has 0 unspecified atom stereocenters. The Bertz CT molecular complexity index is 695. The molecule has 7 nitrogen and oxygen atoms in total. The van der Waals surface area contributed by atoms with Gasteiger partial charge in [-0.2, -0.15) is 18.3 Å². The number of aromatic nitrogens is 3. The Hall–Kier alpha value is -2.65. The second-order valence-electron chi connectivity index (χ2n) is 4.40. The highest BCUT2D eigenvalue weighted by molar-refractivity contribution is 5.42. The molecule has 10 heteroatoms. The van der Waals surface area contributed by atoms with Crippen LogP contribution in [-0.4, -0.2) is 26.8 Å². The number of rotatable bonds is 4. The molecule has 22 heavy (non-hydrogen) atoms. The molecule has 2 rings (SSSR count). The molecule has 0 N–H and O–H groups in total. The van der Waals surface area contributed by atoms with E-state index in [9.17, 15) is 23.3 Å². The lowest BCUT2D eigenvalue weighted by Crippen LogP contribution is -2.10. The van der Waals surface area contributed by atoms with Crippen LogP contribution in [0.5, 0.6) is 5.88 Å². The normalized spacial score (nSPS) is 11.5. The van der Waals surface area contributed by atoms with Crippen LogP contribution in [0.4, 0.5) is 18.9 Å². The summed E-state index contributed by atoms with van der Waals surface area (Å²) in [4.78, 5) is 13.7. The number of alkyl halides is 3. The van der Waals surface area contributed by atoms with Crippen molar-refractivity contribution in [1.82, 2.24) is 14.8 Å². The number of methoxy groups -OCH3 is 1. The molecule has 0 atom stereocenters. The third-order valence-electron chi connectivity index (χ3n) is 2.97. The maximum atomic E-state index is 12.8. The van der Waals surface area contributed by atoms with Gasteiger partial charge in [0.1, 0.15) is 5.69 Å². The van der Waals surface area contributed by atoms with Gasteiger partial charge in [0.25, 0.3) is 0 Å². The van der Waals surface area contributed by atoms with Crippen molar-refractivity contribution in [2.45, 2.75) is 19.6 Å². The van der Waals surface area contributed by atoms with Crippen molar-refractivity contribution in [1.29, 1.82) is 0 Å². The van der Waals surface area contributed by atoms with Crippen molar-refractivity contribution in [2.75, 3.05) is 7.11 Å². The lowest BCUT2D eigenvalue weighted by atomic mass is 10.2. The number of pyridine rings is 1. The van der Waals surface area contributed by atoms with E-state index in [1.54, 1.807) is 6.07 Å². The van der Waals surface area contributed by atoms with Gasteiger partial charge in [0.2, 0.25) is 11.6 Å². The number of ether oxygens (including phenoxy) is 1. The Morgan fingerprint density at radius 3 is 2.50 bits per heavy atom. The first-order valence-corrected chi connectivity index (χ1v) is 6.02. The van der Waals surface area contributed by atoms with Crippen LogP contribution in [0.3, 0.4) is 0 Å². The van der Waals surface area contributed by atoms with E-state index in [0.717, 1.165) is 4.68 Å². The van der Waals surface area contributed by atoms with Gasteiger partial charge in [0.05, 0.1) is 18.6 Å². The molecule has 2 aromatic heterocycles. The monoisotopic (exact) mass is 316 g/mol. The quantitative estimate of drug-likeness (QED) is 0.639. The minimum Gasteiger partial charge on any atom is -0.481 e. The first kappa shape index (κ1) is 15.7. The molecule has 0 saturated carbocycles. The fourth-order valence-corrected chi connectivity index (χ4v) is 1.90. The second-order valence-corrected chi connectivity index (χ2v) is 4.40. The van der Waals surface area contributed by atoms with Gasteiger partial charge in [-0.05, 0) is 12.5 Å². The summed E-state index contributed by atoms with van der Waals surface area (Å²) in [5.74, 6) is 0.350. The number of nitrogens with zero attached hydrogens (tertiary/aromatic N) is 4. The first-order valence-electron chi connectivity index (χ1n) is 6.02. The minimum absolute atomic E-state index is 0.0697. The number of nitro groups is 1. The van der Waals surface area contributed by atoms with Crippen LogP contribution in [0.15, 0.2) is 18.3 Å². The van der Waals surface area contributed by atoms with E-state index in [2.05, 4.69) is 10.1 Å². The van der Waals surface area contributed by atoms with Gasteiger partial charge in [-0.25, -0.2) is 4.98 Å². The lowest BCUT2D eigenvalue weighted by molar-refractivity contribution is -0.388. The van der Waals surface area contributed by atoms with Gasteiger partial charge >= 0.3 is 11.9 Å². The summed E-state index contributed by atoms with van der Waals surface area (Å²) in [6.07, 6.45) is -3.49. The largest absolute Gasteiger partial charge is 0.481 e. The lowest BCUT2D eigenvalue weighted by Gasteiger charge is -2.04. The zero-order valence-electron chi connectivity index (χ0n) is 11.6. The molecule has 2 aromatic rings. The molecule has 0 bridgehead atoms. The minimum atomic E-state index is -4.89. The van der Waals surface area contributed by atoms with E-state index in [-0.39, 0.29) is 12.2 Å². The van der Waals surface area contributed by atoms with Crippen molar-refractivity contribution in [3.63, 3.8) is 0 Å². The summed E-state index contributed by atoms with van der Waals surface area (Å²) in [5, 5.41) is 14.2. The molecule has 118 valence electrons. The molecule has 0 aliphatic carbocycles. The van der Waals surface area contributed by atoms with Crippen molar-refractivity contribution in [3.05, 3.63) is 45.4 Å². The van der Waals surface area contributed by atoms with Crippen LogP contribution >= 0.6 is 0 Å². The van der Waals surface area contributed by atoms with Crippen LogP contribution in [0.25, 0.3) is 0 Å². The van der Waals surface area contributed by atoms with Gasteiger partial charge in [0.15, 0.2) is 0 Å². The van der Waals surface area contributed by atoms with E-state index < -0.39 is 22.5 Å². The summed E-state index contributed by atoms with van der Waals surface area (Å²) in [7, 11) is 1.43. The molecule has 0 amide bonds. The molecule has 0 aliphatic rings. The zero-order valence-corrected chi connectivity index (χ0v) is 11.6. The highest BCUT2D eigenvalue weighted by Gasteiger charge is 2.44. The highest BCUT2D eigenvalue weighted by Crippen LogP contribution is 2.37. The van der Waals surface area contributed by atoms with Crippen LogP contribution in [0.2, 0.25) is 0 Å². The zero-order chi connectivity index (χ0) is 16.5. The van der Waals surface area contributed by atoms with Crippen LogP contribution in [0.1, 0.15) is 17.0 Å². The smallest absolute Gasteiger partial charge is 0.442 e. The molecule has 0 radical (unpaired) electrons. The number of hydrogen-bond donors (Lipinski definition) is 0. The molecule has 0 aromatic carbocycles. The molecule has 0 fully saturated rings. The molecule has 0 spiro atoms. The Balaban J connectivity index is 2.41. The maximum Gasteiger partial charge on any atom is 0.442 e. The Labute approximate surface area is 122 Å². The van der Waals surface area contributed by atoms with Crippen LogP contribution in [-0.2, 0) is 12.7 Å². The van der Waals surface area contributed by atoms with E-state index in [4.69, 9.17) is 4.74 Å². The molecule has 2 heterocycles. The van der Waals surface area contributed by atoms with Crippen molar-refractivity contribution in [3.8, 4) is 5.88 Å². The molecular formula is C12H11F3N4O3. The molecule has 0 saturated heterocycles. The SMILES string of the molecule is COc1ccc(Cn2nc(C(F)(F)F)c([N+](=O)[O-])c2C)cn1. The average molecular weight is 316 g/mol. The predicted molar refractivity (Wildman–Crippen MR) is 68.5 cm³/mol. The van der Waals surface area contributed by atoms with Crippen LogP contribution in [0, 0.1) is 17.0 Å². The summed E-state index contributed by atoms with van der Waals surface area (Å²) in [6.45, 7) is 1.15. The van der Waals surface area contributed by atoms with Gasteiger partial charge in [-0.3, -0.25) is 14.8 Å². The average Bonchev–Trinajstić information content (AvgIpc) is 2.77. The van der Waals surface area contributed by atoms with Crippen molar-refractivity contribution in [2.24, 2.45) is 0 Å². The molecular weight excluding hydrogens is 305 g/mol. The third-order valence-corrected chi connectivity index (χ3v) is 2.97. The van der Waals surface area contributed by atoms with E-state index in [1.807, 2.05) is 0 Å². The Morgan fingerprint density at radius 2 is 2.09 bits per heavy atom. The van der Waals surface area contributed by atoms with E-state index in [0.29, 0.717) is 11.4 Å². The first-order chi connectivity index (χ1) is 10.2. The summed E-state index contributed by atoms with van der Waals surface area (Å²) >= 11 is 0. The number of hydrogen-bond acceptors (Lipinski definition) is 5. The highest BCUT2D eigenvalue weighted by atomic mass is 19.4. The fraction of sp³-hybridized carbons (Fsp3) is 0.333. The second kappa shape index (κ2) is 5.62. The van der Waals surface area contributed by atoms with E-state index >= 15 is 0 Å². The van der Waals surface area contributed by atoms with Gasteiger partial charge in [0, 0.05) is 12.3 Å². The fourth-order valence-electron chi connectivity index (χ4n) is 1.90. The van der Waals surface area contributed by atoms with Crippen LogP contribution < -0.4 is 4.74 Å². The molecule has 0 aliphatic heterocycles. The van der Waals surface area contributed by atoms with Crippen molar-refractivity contribution < 1.29 is 22.8 Å². The Morgan fingerprint density at radius 1 is 1.41 bits per heavy atom. The van der Waals surface area contributed by atoms with Gasteiger partial charge in [-0.1, -0.05) is 6.07 Å². The summed E-state index contributed by atoms with van der Waals surface area (Å²) < 4.78 is 44.3. The third kappa shape index (κ3) is 3.00. The standard InChI is InChI=1S/C12H11F3N4O3/c1-7-10(19(20)21)11(12(13,14)15)17-18(7)6-8-3-4-9(22-2)16-5-8/h3-5H,6H2,1-2H3. The maximum absolute atomic E-state index is 12.8. The van der Waals surface area contributed by atoms with Gasteiger partial charge < -0.3 is 4.74 Å². The topological polar surface area (TPSA) is 83.1 Å². The van der Waals surface area contributed by atoms with Gasteiger partial charge in [-0.15, -0.1) is 0 Å².